The number of urea groups is 1. The van der Waals surface area contributed by atoms with Gasteiger partial charge in [0.05, 0.1) is 6.54 Å². The van der Waals surface area contributed by atoms with Crippen molar-refractivity contribution in [3.63, 3.8) is 0 Å². The van der Waals surface area contributed by atoms with Crippen LogP contribution in [-0.4, -0.2) is 61.1 Å². The van der Waals surface area contributed by atoms with E-state index in [1.165, 1.54) is 4.88 Å². The first-order valence-corrected chi connectivity index (χ1v) is 9.93. The lowest BCUT2D eigenvalue weighted by Gasteiger charge is -2.33. The maximum absolute atomic E-state index is 12.0. The maximum Gasteiger partial charge on any atom is 0.321 e. The van der Waals surface area contributed by atoms with Crippen LogP contribution in [0.3, 0.4) is 0 Å². The molecule has 0 radical (unpaired) electrons. The Kier molecular flexibility index (Phi) is 6.37. The van der Waals surface area contributed by atoms with Gasteiger partial charge in [0, 0.05) is 49.2 Å². The average molecular weight is 380 g/mol. The molecule has 9 heteroatoms. The van der Waals surface area contributed by atoms with Gasteiger partial charge in [-0.15, -0.1) is 22.7 Å². The molecule has 134 valence electrons. The minimum Gasteiger partial charge on any atom is -0.346 e. The lowest BCUT2D eigenvalue weighted by atomic mass is 10.3. The van der Waals surface area contributed by atoms with Gasteiger partial charge in [0.15, 0.2) is 5.13 Å². The van der Waals surface area contributed by atoms with Gasteiger partial charge in [-0.3, -0.25) is 15.0 Å². The summed E-state index contributed by atoms with van der Waals surface area (Å²) in [5.41, 5.74) is 0. The zero-order valence-corrected chi connectivity index (χ0v) is 15.4. The number of aromatic nitrogens is 1. The second kappa shape index (κ2) is 8.93. The lowest BCUT2D eigenvalue weighted by molar-refractivity contribution is -0.121. The van der Waals surface area contributed by atoms with Crippen LogP contribution in [0.4, 0.5) is 9.93 Å². The normalized spacial score (nSPS) is 15.1. The van der Waals surface area contributed by atoms with Crippen molar-refractivity contribution in [3.8, 4) is 0 Å². The van der Waals surface area contributed by atoms with Gasteiger partial charge in [-0.25, -0.2) is 9.78 Å². The number of amides is 3. The van der Waals surface area contributed by atoms with Crippen molar-refractivity contribution in [2.75, 3.05) is 44.2 Å². The van der Waals surface area contributed by atoms with E-state index in [1.807, 2.05) is 22.9 Å². The van der Waals surface area contributed by atoms with E-state index in [0.717, 1.165) is 37.7 Å². The molecule has 0 saturated carbocycles. The quantitative estimate of drug-likeness (QED) is 0.793. The summed E-state index contributed by atoms with van der Waals surface area (Å²) in [6.45, 7) is 4.01. The Morgan fingerprint density at radius 1 is 1.16 bits per heavy atom. The third-order valence-corrected chi connectivity index (χ3v) is 5.69. The van der Waals surface area contributed by atoms with Crippen molar-refractivity contribution in [2.45, 2.75) is 6.42 Å². The maximum atomic E-state index is 12.0. The highest BCUT2D eigenvalue weighted by atomic mass is 32.1. The van der Waals surface area contributed by atoms with E-state index < -0.39 is 6.03 Å². The number of carbonyl (C=O) groups is 2. The minimum atomic E-state index is -0.428. The number of anilines is 1. The van der Waals surface area contributed by atoms with E-state index >= 15 is 0 Å². The number of rotatable bonds is 6. The van der Waals surface area contributed by atoms with Crippen molar-refractivity contribution in [1.82, 2.24) is 20.5 Å². The molecule has 0 bridgehead atoms. The van der Waals surface area contributed by atoms with Gasteiger partial charge in [-0.1, -0.05) is 6.07 Å². The molecule has 7 nitrogen and oxygen atoms in total. The van der Waals surface area contributed by atoms with Crippen LogP contribution in [0.2, 0.25) is 0 Å². The third-order valence-electron chi connectivity index (χ3n) is 3.92. The van der Waals surface area contributed by atoms with Gasteiger partial charge in [-0.2, -0.15) is 0 Å². The Morgan fingerprint density at radius 3 is 2.68 bits per heavy atom. The molecule has 0 aromatic carbocycles. The number of piperazine rings is 1. The van der Waals surface area contributed by atoms with Gasteiger partial charge >= 0.3 is 6.03 Å². The molecule has 3 amide bonds. The topological polar surface area (TPSA) is 77.6 Å². The second-order valence-corrected chi connectivity index (χ2v) is 7.62. The summed E-state index contributed by atoms with van der Waals surface area (Å²) >= 11 is 3.28. The van der Waals surface area contributed by atoms with E-state index in [2.05, 4.69) is 25.4 Å². The van der Waals surface area contributed by atoms with Gasteiger partial charge in [-0.05, 0) is 17.9 Å². The van der Waals surface area contributed by atoms with Gasteiger partial charge < -0.3 is 10.2 Å². The SMILES string of the molecule is O=C(CN1CCN(c2nccs2)CC1)NC(=O)NCCc1cccs1. The van der Waals surface area contributed by atoms with Crippen molar-refractivity contribution in [3.05, 3.63) is 34.0 Å². The predicted octanol–water partition coefficient (Wildman–Crippen LogP) is 1.40. The number of imide groups is 1. The Hall–Kier alpha value is -1.97. The number of nitrogens with one attached hydrogen (secondary N) is 2. The Labute approximate surface area is 154 Å². The number of carbonyl (C=O) groups excluding carboxylic acids is 2. The van der Waals surface area contributed by atoms with Crippen LogP contribution < -0.4 is 15.5 Å². The molecule has 1 aliphatic rings. The van der Waals surface area contributed by atoms with Crippen LogP contribution in [0, 0.1) is 0 Å². The fourth-order valence-electron chi connectivity index (χ4n) is 2.64. The summed E-state index contributed by atoms with van der Waals surface area (Å²) in [6.07, 6.45) is 2.58. The highest BCUT2D eigenvalue weighted by molar-refractivity contribution is 7.13. The van der Waals surface area contributed by atoms with E-state index in [4.69, 9.17) is 0 Å². The number of hydrogen-bond acceptors (Lipinski definition) is 7. The molecule has 2 aromatic heterocycles. The molecular formula is C16H21N5O2S2. The number of nitrogens with zero attached hydrogens (tertiary/aromatic N) is 3. The van der Waals surface area contributed by atoms with E-state index in [0.29, 0.717) is 6.54 Å². The molecule has 1 fully saturated rings. The fourth-order valence-corrected chi connectivity index (χ4v) is 4.04. The van der Waals surface area contributed by atoms with E-state index in [1.54, 1.807) is 28.9 Å². The summed E-state index contributed by atoms with van der Waals surface area (Å²) in [6, 6.07) is 3.58. The summed E-state index contributed by atoms with van der Waals surface area (Å²) in [5.74, 6) is -0.267. The van der Waals surface area contributed by atoms with Crippen LogP contribution >= 0.6 is 22.7 Å². The summed E-state index contributed by atoms with van der Waals surface area (Å²) < 4.78 is 0. The molecule has 2 N–H and O–H groups in total. The average Bonchev–Trinajstić information content (AvgIpc) is 3.29. The van der Waals surface area contributed by atoms with Gasteiger partial charge in [0.25, 0.3) is 0 Å². The Balaban J connectivity index is 1.32. The zero-order valence-electron chi connectivity index (χ0n) is 13.8. The molecule has 1 aliphatic heterocycles. The third kappa shape index (κ3) is 5.52. The molecule has 1 saturated heterocycles. The van der Waals surface area contributed by atoms with Crippen molar-refractivity contribution < 1.29 is 9.59 Å². The van der Waals surface area contributed by atoms with Crippen LogP contribution in [-0.2, 0) is 11.2 Å². The van der Waals surface area contributed by atoms with Crippen LogP contribution in [0.15, 0.2) is 29.1 Å². The monoisotopic (exact) mass is 379 g/mol. The van der Waals surface area contributed by atoms with E-state index in [-0.39, 0.29) is 12.5 Å². The molecule has 0 unspecified atom stereocenters. The Bertz CT molecular complexity index is 667. The van der Waals surface area contributed by atoms with Crippen LogP contribution in [0.5, 0.6) is 0 Å². The summed E-state index contributed by atoms with van der Waals surface area (Å²) in [4.78, 5) is 33.5. The van der Waals surface area contributed by atoms with Crippen molar-refractivity contribution >= 4 is 39.7 Å². The Morgan fingerprint density at radius 2 is 2.00 bits per heavy atom. The second-order valence-electron chi connectivity index (χ2n) is 5.71. The molecule has 0 aliphatic carbocycles. The van der Waals surface area contributed by atoms with Gasteiger partial charge in [0.2, 0.25) is 5.91 Å². The zero-order chi connectivity index (χ0) is 17.5. The standard InChI is InChI=1S/C16H21N5O2S2/c22-14(19-15(23)17-4-3-13-2-1-10-24-13)12-20-6-8-21(9-7-20)16-18-5-11-25-16/h1-2,5,10-11H,3-4,6-9,12H2,(H2,17,19,22,23). The summed E-state index contributed by atoms with van der Waals surface area (Å²) in [7, 11) is 0. The smallest absolute Gasteiger partial charge is 0.321 e. The molecular weight excluding hydrogens is 358 g/mol. The first-order valence-electron chi connectivity index (χ1n) is 8.17. The number of thiazole rings is 1. The summed E-state index contributed by atoms with van der Waals surface area (Å²) in [5, 5.41) is 10.1. The lowest BCUT2D eigenvalue weighted by Crippen LogP contribution is -2.51. The molecule has 25 heavy (non-hydrogen) atoms. The first kappa shape index (κ1) is 17.8. The van der Waals surface area contributed by atoms with Gasteiger partial charge in [0.1, 0.15) is 0 Å². The highest BCUT2D eigenvalue weighted by Crippen LogP contribution is 2.18. The molecule has 2 aromatic rings. The minimum absolute atomic E-state index is 0.240. The molecule has 3 rings (SSSR count). The molecule has 3 heterocycles. The highest BCUT2D eigenvalue weighted by Gasteiger charge is 2.20. The molecule has 0 spiro atoms. The fraction of sp³-hybridized carbons (Fsp3) is 0.438. The molecule has 0 atom stereocenters. The van der Waals surface area contributed by atoms with Crippen LogP contribution in [0.1, 0.15) is 4.88 Å². The largest absolute Gasteiger partial charge is 0.346 e. The van der Waals surface area contributed by atoms with Crippen molar-refractivity contribution in [1.29, 1.82) is 0 Å². The first-order chi connectivity index (χ1) is 12.2. The van der Waals surface area contributed by atoms with Crippen molar-refractivity contribution in [2.24, 2.45) is 0 Å². The van der Waals surface area contributed by atoms with Crippen LogP contribution in [0.25, 0.3) is 0 Å². The van der Waals surface area contributed by atoms with E-state index in [9.17, 15) is 9.59 Å². The predicted molar refractivity (Wildman–Crippen MR) is 100 cm³/mol. The number of hydrogen-bond donors (Lipinski definition) is 2. The number of thiophene rings is 1.